The minimum Gasteiger partial charge on any atom is -0.497 e. The van der Waals surface area contributed by atoms with Crippen molar-refractivity contribution in [1.29, 1.82) is 0 Å². The van der Waals surface area contributed by atoms with E-state index in [1.807, 2.05) is 38.1 Å². The number of Topliss-reactive ketones (excluding diaryl/α,β-unsaturated/α-hetero) is 1. The van der Waals surface area contributed by atoms with Crippen LogP contribution in [0.3, 0.4) is 0 Å². The molecule has 0 amide bonds. The number of ketones is 1. The lowest BCUT2D eigenvalue weighted by molar-refractivity contribution is -0.121. The largest absolute Gasteiger partial charge is 0.497 e. The van der Waals surface area contributed by atoms with E-state index >= 15 is 0 Å². The summed E-state index contributed by atoms with van der Waals surface area (Å²) >= 11 is 0. The number of nitrogens with zero attached hydrogens (tertiary/aromatic N) is 1. The van der Waals surface area contributed by atoms with Crippen molar-refractivity contribution in [2.75, 3.05) is 28.3 Å². The minimum absolute atomic E-state index is 0.0894. The molecule has 1 unspecified atom stereocenters. The van der Waals surface area contributed by atoms with E-state index in [1.165, 1.54) is 0 Å². The molecule has 4 nitrogen and oxygen atoms in total. The van der Waals surface area contributed by atoms with E-state index in [4.69, 9.17) is 9.47 Å². The maximum Gasteiger partial charge on any atom is 0.151 e. The highest BCUT2D eigenvalue weighted by atomic mass is 16.5. The zero-order valence-corrected chi connectivity index (χ0v) is 11.9. The van der Waals surface area contributed by atoms with Gasteiger partial charge in [-0.25, -0.2) is 0 Å². The lowest BCUT2D eigenvalue weighted by atomic mass is 9.96. The molecular formula is C14H21NO3. The first-order chi connectivity index (χ1) is 8.42. The van der Waals surface area contributed by atoms with E-state index in [9.17, 15) is 4.79 Å². The first-order valence-electron chi connectivity index (χ1n) is 5.81. The Kier molecular flexibility index (Phi) is 4.73. The maximum absolute atomic E-state index is 11.8. The second kappa shape index (κ2) is 5.87. The van der Waals surface area contributed by atoms with Gasteiger partial charge in [-0.1, -0.05) is 0 Å². The van der Waals surface area contributed by atoms with Crippen LogP contribution in [-0.2, 0) is 4.79 Å². The van der Waals surface area contributed by atoms with Gasteiger partial charge >= 0.3 is 0 Å². The highest BCUT2D eigenvalue weighted by molar-refractivity contribution is 5.84. The topological polar surface area (TPSA) is 38.8 Å². The average Bonchev–Trinajstić information content (AvgIpc) is 2.30. The molecule has 0 spiro atoms. The fourth-order valence-corrected chi connectivity index (χ4v) is 2.20. The Morgan fingerprint density at radius 3 is 2.22 bits per heavy atom. The Morgan fingerprint density at radius 1 is 1.22 bits per heavy atom. The molecule has 1 aromatic carbocycles. The summed E-state index contributed by atoms with van der Waals surface area (Å²) in [4.78, 5) is 13.7. The molecule has 0 radical (unpaired) electrons. The summed E-state index contributed by atoms with van der Waals surface area (Å²) in [5.74, 6) is 1.50. The molecule has 0 fully saturated rings. The quantitative estimate of drug-likeness (QED) is 0.804. The number of hydrogen-bond donors (Lipinski definition) is 0. The van der Waals surface area contributed by atoms with Crippen molar-refractivity contribution in [2.45, 2.75) is 19.9 Å². The molecule has 18 heavy (non-hydrogen) atoms. The van der Waals surface area contributed by atoms with Gasteiger partial charge in [-0.15, -0.1) is 0 Å². The predicted molar refractivity (Wildman–Crippen MR) is 71.4 cm³/mol. The highest BCUT2D eigenvalue weighted by Gasteiger charge is 2.25. The molecule has 0 aliphatic rings. The molecule has 1 atom stereocenters. The van der Waals surface area contributed by atoms with Crippen molar-refractivity contribution >= 4 is 5.78 Å². The van der Waals surface area contributed by atoms with Gasteiger partial charge in [0.05, 0.1) is 20.3 Å². The van der Waals surface area contributed by atoms with Crippen molar-refractivity contribution in [1.82, 2.24) is 4.90 Å². The smallest absolute Gasteiger partial charge is 0.151 e. The van der Waals surface area contributed by atoms with E-state index in [0.717, 1.165) is 16.9 Å². The molecule has 0 N–H and O–H groups in total. The number of carbonyl (C=O) groups excluding carboxylic acids is 1. The van der Waals surface area contributed by atoms with Crippen molar-refractivity contribution in [3.63, 3.8) is 0 Å². The van der Waals surface area contributed by atoms with Crippen LogP contribution in [0.4, 0.5) is 0 Å². The van der Waals surface area contributed by atoms with Crippen LogP contribution in [0.15, 0.2) is 12.1 Å². The molecule has 0 saturated carbocycles. The minimum atomic E-state index is -0.300. The zero-order chi connectivity index (χ0) is 13.9. The third kappa shape index (κ3) is 2.82. The number of methoxy groups -OCH3 is 2. The van der Waals surface area contributed by atoms with Crippen LogP contribution in [-0.4, -0.2) is 39.0 Å². The zero-order valence-electron chi connectivity index (χ0n) is 11.9. The number of likely N-dealkylation sites (N-methyl/N-ethyl adjacent to an activating group) is 1. The Morgan fingerprint density at radius 2 is 1.83 bits per heavy atom. The molecule has 4 heteroatoms. The van der Waals surface area contributed by atoms with E-state index in [-0.39, 0.29) is 11.8 Å². The molecule has 0 aliphatic carbocycles. The van der Waals surface area contributed by atoms with Crippen molar-refractivity contribution in [3.8, 4) is 11.5 Å². The summed E-state index contributed by atoms with van der Waals surface area (Å²) in [5, 5.41) is 0. The van der Waals surface area contributed by atoms with Crippen molar-refractivity contribution in [3.05, 3.63) is 23.3 Å². The first-order valence-corrected chi connectivity index (χ1v) is 5.81. The van der Waals surface area contributed by atoms with Crippen LogP contribution < -0.4 is 9.47 Å². The Hall–Kier alpha value is -1.55. The monoisotopic (exact) mass is 251 g/mol. The third-order valence-corrected chi connectivity index (χ3v) is 2.95. The van der Waals surface area contributed by atoms with Crippen LogP contribution >= 0.6 is 0 Å². The molecule has 100 valence electrons. The maximum atomic E-state index is 11.8. The number of ether oxygens (including phenoxy) is 2. The Balaban J connectivity index is 3.41. The lowest BCUT2D eigenvalue weighted by Crippen LogP contribution is -2.27. The van der Waals surface area contributed by atoms with Gasteiger partial charge in [-0.05, 0) is 39.6 Å². The highest BCUT2D eigenvalue weighted by Crippen LogP contribution is 2.35. The van der Waals surface area contributed by atoms with Crippen LogP contribution in [0.1, 0.15) is 24.1 Å². The summed E-state index contributed by atoms with van der Waals surface area (Å²) in [6.07, 6.45) is 0. The number of aryl methyl sites for hydroxylation is 1. The normalized spacial score (nSPS) is 12.4. The molecule has 0 saturated heterocycles. The number of rotatable bonds is 5. The van der Waals surface area contributed by atoms with Gasteiger partial charge in [0.25, 0.3) is 0 Å². The molecule has 1 rings (SSSR count). The van der Waals surface area contributed by atoms with E-state index in [2.05, 4.69) is 0 Å². The summed E-state index contributed by atoms with van der Waals surface area (Å²) < 4.78 is 10.6. The molecule has 0 aliphatic heterocycles. The number of hydrogen-bond acceptors (Lipinski definition) is 4. The number of carbonyl (C=O) groups is 1. The van der Waals surface area contributed by atoms with Crippen LogP contribution in [0, 0.1) is 6.92 Å². The average molecular weight is 251 g/mol. The molecule has 0 aromatic heterocycles. The predicted octanol–water partition coefficient (Wildman–Crippen LogP) is 2.20. The standard InChI is InChI=1S/C14H21NO3/c1-9-7-11(17-5)8-12(18-6)13(9)14(10(2)16)15(3)4/h7-8,14H,1-6H3. The van der Waals surface area contributed by atoms with Crippen molar-refractivity contribution in [2.24, 2.45) is 0 Å². The van der Waals surface area contributed by atoms with Gasteiger partial charge in [0.15, 0.2) is 5.78 Å². The van der Waals surface area contributed by atoms with E-state index in [1.54, 1.807) is 21.1 Å². The van der Waals surface area contributed by atoms with Crippen LogP contribution in [0.5, 0.6) is 11.5 Å². The second-order valence-electron chi connectivity index (χ2n) is 4.54. The van der Waals surface area contributed by atoms with E-state index in [0.29, 0.717) is 5.75 Å². The Bertz CT molecular complexity index is 441. The van der Waals surface area contributed by atoms with Gasteiger partial charge < -0.3 is 9.47 Å². The van der Waals surface area contributed by atoms with E-state index < -0.39 is 0 Å². The third-order valence-electron chi connectivity index (χ3n) is 2.95. The fourth-order valence-electron chi connectivity index (χ4n) is 2.20. The van der Waals surface area contributed by atoms with Gasteiger partial charge in [-0.3, -0.25) is 9.69 Å². The summed E-state index contributed by atoms with van der Waals surface area (Å²) in [7, 11) is 6.98. The summed E-state index contributed by atoms with van der Waals surface area (Å²) in [6, 6.07) is 3.42. The van der Waals surface area contributed by atoms with Crippen LogP contribution in [0.25, 0.3) is 0 Å². The first kappa shape index (κ1) is 14.5. The Labute approximate surface area is 108 Å². The molecular weight excluding hydrogens is 230 g/mol. The van der Waals surface area contributed by atoms with Crippen LogP contribution in [0.2, 0.25) is 0 Å². The molecule has 1 aromatic rings. The van der Waals surface area contributed by atoms with Gasteiger partial charge in [0.2, 0.25) is 0 Å². The second-order valence-corrected chi connectivity index (χ2v) is 4.54. The SMILES string of the molecule is COc1cc(C)c(C(C(C)=O)N(C)C)c(OC)c1. The lowest BCUT2D eigenvalue weighted by Gasteiger charge is -2.26. The van der Waals surface area contributed by atoms with Gasteiger partial charge in [-0.2, -0.15) is 0 Å². The summed E-state index contributed by atoms with van der Waals surface area (Å²) in [6.45, 7) is 3.55. The van der Waals surface area contributed by atoms with Gasteiger partial charge in [0.1, 0.15) is 11.5 Å². The molecule has 0 heterocycles. The molecule has 0 bridgehead atoms. The van der Waals surface area contributed by atoms with Gasteiger partial charge in [0, 0.05) is 11.6 Å². The number of benzene rings is 1. The summed E-state index contributed by atoms with van der Waals surface area (Å²) in [5.41, 5.74) is 1.89. The fraction of sp³-hybridized carbons (Fsp3) is 0.500. The van der Waals surface area contributed by atoms with Crippen molar-refractivity contribution < 1.29 is 14.3 Å².